The van der Waals surface area contributed by atoms with E-state index in [1.54, 1.807) is 0 Å². The van der Waals surface area contributed by atoms with Gasteiger partial charge in [0.25, 0.3) is 0 Å². The summed E-state index contributed by atoms with van der Waals surface area (Å²) < 4.78 is -6.46. The third-order valence-corrected chi connectivity index (χ3v) is 7.26. The highest BCUT2D eigenvalue weighted by molar-refractivity contribution is 6.76. The van der Waals surface area contributed by atoms with Crippen molar-refractivity contribution in [3.05, 3.63) is 4.84 Å². The lowest BCUT2D eigenvalue weighted by Crippen LogP contribution is -2.54. The molecule has 0 rings (SSSR count). The maximum absolute atomic E-state index is 5.79. The van der Waals surface area contributed by atoms with E-state index in [2.05, 4.69) is 0 Å². The van der Waals surface area contributed by atoms with Gasteiger partial charge >= 0.3 is 0 Å². The summed E-state index contributed by atoms with van der Waals surface area (Å²) in [5.74, 6) is 0. The molecule has 0 saturated carbocycles. The molecule has 0 heterocycles. The second-order valence-corrected chi connectivity index (χ2v) is 8.42. The van der Waals surface area contributed by atoms with Gasteiger partial charge in [-0.25, -0.2) is 0 Å². The van der Waals surface area contributed by atoms with Crippen molar-refractivity contribution in [2.24, 2.45) is 0 Å². The summed E-state index contributed by atoms with van der Waals surface area (Å²) in [7, 11) is 0. The highest BCUT2D eigenvalue weighted by Crippen LogP contribution is 2.61. The normalized spacial score (nSPS) is 15.2. The van der Waals surface area contributed by atoms with Gasteiger partial charge in [-0.2, -0.15) is 0 Å². The first kappa shape index (κ1) is 17.9. The Morgan fingerprint density at radius 3 is 1.33 bits per heavy atom. The Labute approximate surface area is 137 Å². The van der Waals surface area contributed by atoms with E-state index in [1.807, 2.05) is 0 Å². The number of hydrogen-bond donors (Lipinski definition) is 0. The van der Waals surface area contributed by atoms with E-state index < -0.39 is 22.7 Å². The maximum Gasteiger partial charge on any atom is 0.189 e. The highest BCUT2D eigenvalue weighted by Gasteiger charge is 2.65. The summed E-state index contributed by atoms with van der Waals surface area (Å²) in [6.45, 7) is 0. The molecule has 15 heavy (non-hydrogen) atoms. The molecule has 0 saturated heterocycles. The van der Waals surface area contributed by atoms with Gasteiger partial charge in [0.1, 0.15) is 4.84 Å². The van der Waals surface area contributed by atoms with Crippen LogP contribution in [0.2, 0.25) is 0 Å². The minimum Gasteiger partial charge on any atom is -0.102 e. The van der Waals surface area contributed by atoms with Gasteiger partial charge in [0.15, 0.2) is 17.8 Å². The third-order valence-electron chi connectivity index (χ3n) is 1.32. The fourth-order valence-corrected chi connectivity index (χ4v) is 2.67. The van der Waals surface area contributed by atoms with Crippen LogP contribution in [0.1, 0.15) is 0 Å². The van der Waals surface area contributed by atoms with Crippen molar-refractivity contribution in [2.75, 3.05) is 0 Å². The number of rotatable bonds is 4. The van der Waals surface area contributed by atoms with Gasteiger partial charge in [0.05, 0.1) is 0 Å². The summed E-state index contributed by atoms with van der Waals surface area (Å²) in [4.78, 5) is -1.92. The molecule has 0 aromatic carbocycles. The molecule has 0 amide bonds. The van der Waals surface area contributed by atoms with Crippen molar-refractivity contribution < 1.29 is 0 Å². The zero-order valence-electron chi connectivity index (χ0n) is 6.36. The molecule has 0 aliphatic rings. The van der Waals surface area contributed by atoms with Crippen molar-refractivity contribution in [1.82, 2.24) is 0 Å². The summed E-state index contributed by atoms with van der Waals surface area (Å²) >= 11 is 56.2. The van der Waals surface area contributed by atoms with E-state index in [0.717, 1.165) is 0 Å². The van der Waals surface area contributed by atoms with Gasteiger partial charge in [-0.15, -0.1) is 23.2 Å². The quantitative estimate of drug-likeness (QED) is 0.474. The van der Waals surface area contributed by atoms with Gasteiger partial charge in [0.2, 0.25) is 0 Å². The number of halogens is 10. The van der Waals surface area contributed by atoms with Gasteiger partial charge in [0, 0.05) is 0 Å². The smallest absolute Gasteiger partial charge is 0.102 e. The van der Waals surface area contributed by atoms with Crippen molar-refractivity contribution in [3.8, 4) is 0 Å². The van der Waals surface area contributed by atoms with E-state index in [0.29, 0.717) is 0 Å². The Morgan fingerprint density at radius 2 is 1.13 bits per heavy atom. The first-order valence-corrected chi connectivity index (χ1v) is 6.88. The second-order valence-electron chi connectivity index (χ2n) is 2.33. The van der Waals surface area contributed by atoms with Gasteiger partial charge in [-0.05, 0) is 0 Å². The minimum absolute atomic E-state index is 0.546. The Morgan fingerprint density at radius 1 is 0.800 bits per heavy atom. The molecule has 0 unspecified atom stereocenters. The fraction of sp³-hybridized carbons (Fsp3) is 0.800. The van der Waals surface area contributed by atoms with Crippen LogP contribution in [0.15, 0.2) is 0 Å². The molecule has 0 aliphatic heterocycles. The first-order valence-electron chi connectivity index (χ1n) is 2.99. The van der Waals surface area contributed by atoms with Gasteiger partial charge in [-0.3, -0.25) is 0 Å². The lowest BCUT2D eigenvalue weighted by molar-refractivity contribution is 0.648. The second kappa shape index (κ2) is 5.90. The molecular weight excluding hydrogens is 415 g/mol. The monoisotopic (exact) mass is 411 g/mol. The molecule has 0 N–H and O–H groups in total. The summed E-state index contributed by atoms with van der Waals surface area (Å²) in [5.41, 5.74) is 0. The van der Waals surface area contributed by atoms with E-state index in [-0.39, 0.29) is 0 Å². The van der Waals surface area contributed by atoms with Crippen molar-refractivity contribution in [1.29, 1.82) is 0 Å². The van der Waals surface area contributed by atoms with Crippen LogP contribution < -0.4 is 0 Å². The summed E-state index contributed by atoms with van der Waals surface area (Å²) in [6, 6.07) is 0. The summed E-state index contributed by atoms with van der Waals surface area (Å²) in [5, 5.41) is 0. The SMILES string of the molecule is Cl[C](Cl)C(Cl)(Cl)C(Cl)(Cl)C(Cl)(Cl)C(Cl)Cl. The van der Waals surface area contributed by atoms with Crippen molar-refractivity contribution in [3.63, 3.8) is 0 Å². The molecule has 1 radical (unpaired) electrons. The fourth-order valence-electron chi connectivity index (χ4n) is 0.465. The van der Waals surface area contributed by atoms with E-state index >= 15 is 0 Å². The van der Waals surface area contributed by atoms with Crippen LogP contribution in [0.3, 0.4) is 0 Å². The molecule has 0 aromatic heterocycles. The Kier molecular flexibility index (Phi) is 7.05. The number of hydrogen-bond acceptors (Lipinski definition) is 0. The van der Waals surface area contributed by atoms with Crippen LogP contribution in [-0.2, 0) is 0 Å². The molecule has 91 valence electrons. The zero-order valence-corrected chi connectivity index (χ0v) is 13.9. The average Bonchev–Trinajstić information content (AvgIpc) is 2.02. The number of alkyl halides is 8. The zero-order chi connectivity index (χ0) is 12.7. The van der Waals surface area contributed by atoms with Gasteiger partial charge in [-0.1, -0.05) is 92.8 Å². The van der Waals surface area contributed by atoms with E-state index in [4.69, 9.17) is 116 Å². The molecule has 0 aliphatic carbocycles. The van der Waals surface area contributed by atoms with E-state index in [9.17, 15) is 0 Å². The molecule has 0 nitrogen and oxygen atoms in total. The van der Waals surface area contributed by atoms with E-state index in [1.165, 1.54) is 0 Å². The predicted octanol–water partition coefficient (Wildman–Crippen LogP) is 6.28. The molecule has 0 aromatic rings. The van der Waals surface area contributed by atoms with Crippen LogP contribution in [-0.4, -0.2) is 17.8 Å². The predicted molar refractivity (Wildman–Crippen MR) is 73.8 cm³/mol. The van der Waals surface area contributed by atoms with Crippen LogP contribution in [0.25, 0.3) is 0 Å². The average molecular weight is 416 g/mol. The minimum atomic E-state index is -2.22. The molecule has 0 spiro atoms. The van der Waals surface area contributed by atoms with Crippen molar-refractivity contribution >= 4 is 116 Å². The van der Waals surface area contributed by atoms with Gasteiger partial charge < -0.3 is 0 Å². The Balaban J connectivity index is 5.30. The van der Waals surface area contributed by atoms with Crippen LogP contribution >= 0.6 is 116 Å². The van der Waals surface area contributed by atoms with Crippen molar-refractivity contribution in [2.45, 2.75) is 17.8 Å². The third kappa shape index (κ3) is 3.47. The van der Waals surface area contributed by atoms with Crippen LogP contribution in [0.5, 0.6) is 0 Å². The Hall–Kier alpha value is 2.90. The van der Waals surface area contributed by atoms with Crippen LogP contribution in [0, 0.1) is 4.84 Å². The molecule has 10 heteroatoms. The molecule has 0 fully saturated rings. The van der Waals surface area contributed by atoms with Crippen LogP contribution in [0.4, 0.5) is 0 Å². The molecular formula is C5HCl10. The Bertz CT molecular complexity index is 196. The molecule has 0 atom stereocenters. The maximum atomic E-state index is 5.79. The lowest BCUT2D eigenvalue weighted by atomic mass is 10.2. The highest BCUT2D eigenvalue weighted by atomic mass is 35.6. The standard InChI is InChI=1S/C5HCl10/c6-1(7)3(10,11)5(14,15)4(12,13)2(8)9/h1H. The summed E-state index contributed by atoms with van der Waals surface area (Å²) in [6.07, 6.45) is 0. The topological polar surface area (TPSA) is 0 Å². The first-order chi connectivity index (χ1) is 6.39. The lowest BCUT2D eigenvalue weighted by Gasteiger charge is -2.41. The largest absolute Gasteiger partial charge is 0.189 e. The molecule has 0 bridgehead atoms.